The van der Waals surface area contributed by atoms with E-state index in [-0.39, 0.29) is 11.7 Å². The molecule has 0 saturated heterocycles. The zero-order valence-corrected chi connectivity index (χ0v) is 12.8. The minimum absolute atomic E-state index is 0.172. The zero-order valence-electron chi connectivity index (χ0n) is 11.1. The molecule has 0 aromatic rings. The van der Waals surface area contributed by atoms with Gasteiger partial charge in [-0.2, -0.15) is 5.26 Å². The summed E-state index contributed by atoms with van der Waals surface area (Å²) in [5, 5.41) is 14.4. The van der Waals surface area contributed by atoms with Crippen LogP contribution < -0.4 is 10.6 Å². The Morgan fingerprint density at radius 1 is 1.47 bits per heavy atom. The Morgan fingerprint density at radius 3 is 2.42 bits per heavy atom. The zero-order chi connectivity index (χ0) is 15.1. The molecule has 108 valence electrons. The Hall–Kier alpha value is -1.40. The lowest BCUT2D eigenvalue weighted by Crippen LogP contribution is -2.53. The molecule has 0 radical (unpaired) electrons. The molecular formula is C10H18N4O3S2. The van der Waals surface area contributed by atoms with Crippen LogP contribution in [0.2, 0.25) is 0 Å². The molecule has 7 nitrogen and oxygen atoms in total. The average Bonchev–Trinajstić information content (AvgIpc) is 2.28. The second-order valence-electron chi connectivity index (χ2n) is 3.83. The van der Waals surface area contributed by atoms with Crippen molar-refractivity contribution < 1.29 is 13.2 Å². The van der Waals surface area contributed by atoms with Gasteiger partial charge in [0.15, 0.2) is 11.3 Å². The van der Waals surface area contributed by atoms with Crippen LogP contribution in [0, 0.1) is 11.5 Å². The van der Waals surface area contributed by atoms with Crippen molar-refractivity contribution >= 4 is 33.1 Å². The smallest absolute Gasteiger partial charge is 0.259 e. The maximum Gasteiger partial charge on any atom is 0.259 e. The van der Waals surface area contributed by atoms with Crippen LogP contribution in [0.1, 0.15) is 13.8 Å². The van der Waals surface area contributed by atoms with Crippen LogP contribution in [0.3, 0.4) is 0 Å². The molecule has 0 fully saturated rings. The molecule has 0 spiro atoms. The van der Waals surface area contributed by atoms with Crippen LogP contribution in [0.25, 0.3) is 0 Å². The summed E-state index contributed by atoms with van der Waals surface area (Å²) in [4.78, 5) is 12.9. The molecule has 9 heteroatoms. The molecule has 0 aromatic heterocycles. The fraction of sp³-hybridized carbons (Fsp3) is 0.700. The third-order valence-corrected chi connectivity index (χ3v) is 3.31. The fourth-order valence-corrected chi connectivity index (χ4v) is 2.43. The first kappa shape index (κ1) is 17.6. The van der Waals surface area contributed by atoms with Crippen molar-refractivity contribution in [3.63, 3.8) is 0 Å². The van der Waals surface area contributed by atoms with Crippen LogP contribution >= 0.6 is 12.2 Å². The minimum atomic E-state index is -3.39. The highest BCUT2D eigenvalue weighted by molar-refractivity contribution is 7.90. The molecule has 0 saturated carbocycles. The minimum Gasteiger partial charge on any atom is -0.363 e. The summed E-state index contributed by atoms with van der Waals surface area (Å²) < 4.78 is 22.7. The average molecular weight is 306 g/mol. The molecule has 1 amide bonds. The summed E-state index contributed by atoms with van der Waals surface area (Å²) in [6.07, 6.45) is 2.73. The lowest BCUT2D eigenvalue weighted by Gasteiger charge is -2.22. The number of hydrogen-bond acceptors (Lipinski definition) is 5. The summed E-state index contributed by atoms with van der Waals surface area (Å²) in [5.41, 5.74) is 0. The lowest BCUT2D eigenvalue weighted by atomic mass is 10.3. The first-order chi connectivity index (χ1) is 8.75. The Kier molecular flexibility index (Phi) is 7.33. The summed E-state index contributed by atoms with van der Waals surface area (Å²) in [6, 6.07) is -1.07. The van der Waals surface area contributed by atoms with Gasteiger partial charge in [0.2, 0.25) is 0 Å². The number of likely N-dealkylation sites (N-methyl/N-ethyl adjacent to an activating group) is 1. The van der Waals surface area contributed by atoms with Crippen LogP contribution in [-0.2, 0) is 14.6 Å². The number of carbonyl (C=O) groups is 1. The van der Waals surface area contributed by atoms with E-state index in [0.29, 0.717) is 6.54 Å². The third kappa shape index (κ3) is 6.93. The number of nitrogens with one attached hydrogen (secondary N) is 2. The standard InChI is InChI=1S/C10H18N4O3S2/c1-4-12-10(18)13-8(6-19(3,16)17)9(15)14(5-2)7-11/h8H,4-6H2,1-3H3,(H2,12,13,18). The van der Waals surface area contributed by atoms with Gasteiger partial charge in [0.25, 0.3) is 5.91 Å². The van der Waals surface area contributed by atoms with Crippen molar-refractivity contribution in [2.45, 2.75) is 19.9 Å². The van der Waals surface area contributed by atoms with Crippen molar-refractivity contribution in [2.24, 2.45) is 0 Å². The van der Waals surface area contributed by atoms with Gasteiger partial charge < -0.3 is 10.6 Å². The van der Waals surface area contributed by atoms with Gasteiger partial charge in [-0.15, -0.1) is 0 Å². The van der Waals surface area contributed by atoms with Gasteiger partial charge in [-0.25, -0.2) is 13.3 Å². The number of amides is 1. The quantitative estimate of drug-likeness (QED) is 0.377. The van der Waals surface area contributed by atoms with Gasteiger partial charge in [0.05, 0.1) is 5.75 Å². The molecule has 1 unspecified atom stereocenters. The number of nitriles is 1. The molecule has 0 heterocycles. The largest absolute Gasteiger partial charge is 0.363 e. The summed E-state index contributed by atoms with van der Waals surface area (Å²) >= 11 is 4.93. The normalized spacial score (nSPS) is 12.1. The van der Waals surface area contributed by atoms with E-state index >= 15 is 0 Å². The molecular weight excluding hydrogens is 288 g/mol. The maximum absolute atomic E-state index is 12.0. The SMILES string of the molecule is CCNC(=S)NC(CS(C)(=O)=O)C(=O)N(C#N)CC. The number of rotatable bonds is 6. The van der Waals surface area contributed by atoms with Gasteiger partial charge in [-0.05, 0) is 26.1 Å². The van der Waals surface area contributed by atoms with Crippen molar-refractivity contribution in [1.82, 2.24) is 15.5 Å². The van der Waals surface area contributed by atoms with Crippen LogP contribution in [0.5, 0.6) is 0 Å². The predicted octanol–water partition coefficient (Wildman–Crippen LogP) is -0.787. The molecule has 0 aliphatic heterocycles. The third-order valence-electron chi connectivity index (χ3n) is 2.11. The van der Waals surface area contributed by atoms with Crippen LogP contribution in [0.15, 0.2) is 0 Å². The van der Waals surface area contributed by atoms with Crippen LogP contribution in [-0.4, -0.2) is 55.5 Å². The van der Waals surface area contributed by atoms with Crippen molar-refractivity contribution in [2.75, 3.05) is 25.1 Å². The van der Waals surface area contributed by atoms with Crippen molar-refractivity contribution in [3.8, 4) is 6.19 Å². The topological polar surface area (TPSA) is 102 Å². The molecule has 2 N–H and O–H groups in total. The van der Waals surface area contributed by atoms with Gasteiger partial charge in [-0.3, -0.25) is 4.79 Å². The molecule has 0 bridgehead atoms. The highest BCUT2D eigenvalue weighted by Crippen LogP contribution is 1.99. The van der Waals surface area contributed by atoms with Gasteiger partial charge in [0.1, 0.15) is 15.9 Å². The number of thiocarbonyl (C=S) groups is 1. The molecule has 1 atom stereocenters. The number of carbonyl (C=O) groups excluding carboxylic acids is 1. The summed E-state index contributed by atoms with van der Waals surface area (Å²) in [7, 11) is -3.39. The number of hydrogen-bond donors (Lipinski definition) is 2. The Labute approximate surface area is 118 Å². The van der Waals surface area contributed by atoms with E-state index in [4.69, 9.17) is 17.5 Å². The number of nitrogens with zero attached hydrogens (tertiary/aromatic N) is 2. The fourth-order valence-electron chi connectivity index (χ4n) is 1.31. The van der Waals surface area contributed by atoms with Gasteiger partial charge in [-0.1, -0.05) is 0 Å². The van der Waals surface area contributed by atoms with Gasteiger partial charge >= 0.3 is 0 Å². The highest BCUT2D eigenvalue weighted by atomic mass is 32.2. The maximum atomic E-state index is 12.0. The molecule has 19 heavy (non-hydrogen) atoms. The van der Waals surface area contributed by atoms with Crippen molar-refractivity contribution in [1.29, 1.82) is 5.26 Å². The molecule has 0 rings (SSSR count). The van der Waals surface area contributed by atoms with Crippen LogP contribution in [0.4, 0.5) is 0 Å². The lowest BCUT2D eigenvalue weighted by molar-refractivity contribution is -0.129. The van der Waals surface area contributed by atoms with E-state index in [2.05, 4.69) is 10.6 Å². The second-order valence-corrected chi connectivity index (χ2v) is 6.42. The predicted molar refractivity (Wildman–Crippen MR) is 75.9 cm³/mol. The van der Waals surface area contributed by atoms with Gasteiger partial charge in [0, 0.05) is 19.3 Å². The molecule has 0 aliphatic rings. The Morgan fingerprint density at radius 2 is 2.05 bits per heavy atom. The van der Waals surface area contributed by atoms with E-state index in [1.807, 2.05) is 6.92 Å². The number of sulfone groups is 1. The molecule has 0 aromatic carbocycles. The monoisotopic (exact) mass is 306 g/mol. The highest BCUT2D eigenvalue weighted by Gasteiger charge is 2.27. The summed E-state index contributed by atoms with van der Waals surface area (Å²) in [6.45, 7) is 4.16. The first-order valence-electron chi connectivity index (χ1n) is 5.68. The first-order valence-corrected chi connectivity index (χ1v) is 8.15. The molecule has 0 aliphatic carbocycles. The van der Waals surface area contributed by atoms with E-state index < -0.39 is 27.5 Å². The Bertz CT molecular complexity index is 470. The van der Waals surface area contributed by atoms with Crippen molar-refractivity contribution in [3.05, 3.63) is 0 Å². The Balaban J connectivity index is 5.01. The van der Waals surface area contributed by atoms with E-state index in [1.165, 1.54) is 0 Å². The summed E-state index contributed by atoms with van der Waals surface area (Å²) in [5.74, 6) is -1.04. The van der Waals surface area contributed by atoms with E-state index in [0.717, 1.165) is 11.2 Å². The second kappa shape index (κ2) is 7.91. The van der Waals surface area contributed by atoms with E-state index in [9.17, 15) is 13.2 Å². The van der Waals surface area contributed by atoms with E-state index in [1.54, 1.807) is 13.1 Å².